The molecule has 6 heteroatoms. The summed E-state index contributed by atoms with van der Waals surface area (Å²) in [5.74, 6) is 0.0222. The van der Waals surface area contributed by atoms with Gasteiger partial charge in [-0.3, -0.25) is 4.79 Å². The average Bonchev–Trinajstić information content (AvgIpc) is 3.01. The first-order valence-electron chi connectivity index (χ1n) is 9.36. The molecule has 1 heterocycles. The van der Waals surface area contributed by atoms with Crippen LogP contribution < -0.4 is 4.74 Å². The molecule has 0 saturated carbocycles. The number of amides is 1. The third-order valence-corrected chi connectivity index (χ3v) is 5.66. The molecule has 4 nitrogen and oxygen atoms in total. The second kappa shape index (κ2) is 8.42. The number of halogens is 2. The Kier molecular flexibility index (Phi) is 5.71. The van der Waals surface area contributed by atoms with E-state index in [1.165, 1.54) is 0 Å². The zero-order valence-electron chi connectivity index (χ0n) is 16.2. The van der Waals surface area contributed by atoms with E-state index in [0.29, 0.717) is 27.9 Å². The minimum Gasteiger partial charge on any atom is -0.503 e. The van der Waals surface area contributed by atoms with E-state index >= 15 is 0 Å². The first kappa shape index (κ1) is 20.3. The summed E-state index contributed by atoms with van der Waals surface area (Å²) in [7, 11) is 1.59. The normalized spacial score (nSPS) is 16.3. The molecule has 3 aromatic rings. The summed E-state index contributed by atoms with van der Waals surface area (Å²) in [4.78, 5) is 14.7. The van der Waals surface area contributed by atoms with Gasteiger partial charge in [-0.25, -0.2) is 0 Å². The van der Waals surface area contributed by atoms with Crippen LogP contribution >= 0.6 is 23.2 Å². The molecule has 0 fully saturated rings. The Bertz CT molecular complexity index is 1090. The predicted octanol–water partition coefficient (Wildman–Crippen LogP) is 6.05. The molecule has 3 aromatic carbocycles. The van der Waals surface area contributed by atoms with Crippen molar-refractivity contribution in [3.05, 3.63) is 105 Å². The number of aliphatic hydroxyl groups excluding tert-OH is 1. The number of hydrogen-bond donors (Lipinski definition) is 1. The van der Waals surface area contributed by atoms with Crippen molar-refractivity contribution in [1.82, 2.24) is 4.90 Å². The third kappa shape index (κ3) is 3.89. The van der Waals surface area contributed by atoms with Crippen molar-refractivity contribution in [3.8, 4) is 5.75 Å². The lowest BCUT2D eigenvalue weighted by Gasteiger charge is -2.27. The lowest BCUT2D eigenvalue weighted by Crippen LogP contribution is -2.29. The van der Waals surface area contributed by atoms with E-state index in [9.17, 15) is 9.90 Å². The number of carbonyl (C=O) groups is 1. The number of methoxy groups -OCH3 is 1. The van der Waals surface area contributed by atoms with E-state index in [1.54, 1.807) is 48.4 Å². The summed E-state index contributed by atoms with van der Waals surface area (Å²) in [6, 6.07) is 21.5. The lowest BCUT2D eigenvalue weighted by atomic mass is 9.93. The van der Waals surface area contributed by atoms with Gasteiger partial charge in [0.05, 0.1) is 13.2 Å². The highest BCUT2D eigenvalue weighted by Gasteiger charge is 2.41. The Morgan fingerprint density at radius 1 is 0.900 bits per heavy atom. The highest BCUT2D eigenvalue weighted by molar-refractivity contribution is 6.30. The van der Waals surface area contributed by atoms with Crippen LogP contribution in [0.15, 0.2) is 78.6 Å². The Balaban J connectivity index is 1.79. The number of ether oxygens (including phenoxy) is 1. The maximum absolute atomic E-state index is 13.1. The SMILES string of the molecule is COc1ccc(C2=C(O)C(=O)N(Cc3ccc(Cl)cc3)[C@H]2c2ccc(Cl)cc2)cc1. The van der Waals surface area contributed by atoms with Crippen LogP contribution in [0, 0.1) is 0 Å². The Morgan fingerprint density at radius 2 is 1.47 bits per heavy atom. The fraction of sp³-hybridized carbons (Fsp3) is 0.125. The second-order valence-corrected chi connectivity index (χ2v) is 7.88. The number of benzene rings is 3. The number of nitrogens with zero attached hydrogens (tertiary/aromatic N) is 1. The number of aliphatic hydroxyl groups is 1. The molecule has 1 amide bonds. The molecule has 0 aromatic heterocycles. The molecule has 1 N–H and O–H groups in total. The van der Waals surface area contributed by atoms with Crippen molar-refractivity contribution in [3.63, 3.8) is 0 Å². The van der Waals surface area contributed by atoms with Crippen molar-refractivity contribution in [2.75, 3.05) is 7.11 Å². The van der Waals surface area contributed by atoms with Gasteiger partial charge >= 0.3 is 0 Å². The van der Waals surface area contributed by atoms with Crippen LogP contribution in [0.4, 0.5) is 0 Å². The molecule has 1 aliphatic heterocycles. The predicted molar refractivity (Wildman–Crippen MR) is 119 cm³/mol. The van der Waals surface area contributed by atoms with Crippen molar-refractivity contribution >= 4 is 34.7 Å². The van der Waals surface area contributed by atoms with Gasteiger partial charge in [0.1, 0.15) is 5.75 Å². The van der Waals surface area contributed by atoms with Gasteiger partial charge in [-0.1, -0.05) is 59.6 Å². The Morgan fingerprint density at radius 3 is 2.03 bits per heavy atom. The largest absolute Gasteiger partial charge is 0.503 e. The lowest BCUT2D eigenvalue weighted by molar-refractivity contribution is -0.130. The summed E-state index contributed by atoms with van der Waals surface area (Å²) in [6.45, 7) is 0.326. The topological polar surface area (TPSA) is 49.8 Å². The van der Waals surface area contributed by atoms with Gasteiger partial charge in [0.25, 0.3) is 5.91 Å². The third-order valence-electron chi connectivity index (χ3n) is 5.16. The molecule has 0 aliphatic carbocycles. The van der Waals surface area contributed by atoms with Gasteiger partial charge in [0.2, 0.25) is 0 Å². The van der Waals surface area contributed by atoms with E-state index in [2.05, 4.69) is 0 Å². The summed E-state index contributed by atoms with van der Waals surface area (Å²) in [6.07, 6.45) is 0. The van der Waals surface area contributed by atoms with Crippen LogP contribution in [-0.4, -0.2) is 23.0 Å². The average molecular weight is 440 g/mol. The van der Waals surface area contributed by atoms with Gasteiger partial charge in [0.15, 0.2) is 5.76 Å². The molecule has 0 unspecified atom stereocenters. The molecular formula is C24H19Cl2NO3. The molecule has 0 spiro atoms. The maximum atomic E-state index is 13.1. The molecule has 0 bridgehead atoms. The van der Waals surface area contributed by atoms with Crippen LogP contribution in [0.1, 0.15) is 22.7 Å². The second-order valence-electron chi connectivity index (χ2n) is 7.00. The summed E-state index contributed by atoms with van der Waals surface area (Å²) in [5, 5.41) is 12.1. The maximum Gasteiger partial charge on any atom is 0.290 e. The van der Waals surface area contributed by atoms with Crippen LogP contribution in [0.5, 0.6) is 5.75 Å². The first-order chi connectivity index (χ1) is 14.5. The van der Waals surface area contributed by atoms with Crippen molar-refractivity contribution in [1.29, 1.82) is 0 Å². The van der Waals surface area contributed by atoms with Crippen molar-refractivity contribution < 1.29 is 14.6 Å². The highest BCUT2D eigenvalue weighted by Crippen LogP contribution is 2.44. The standard InChI is InChI=1S/C24H19Cl2NO3/c1-30-20-12-6-16(7-13-20)21-22(17-4-10-19(26)11-5-17)27(24(29)23(21)28)14-15-2-8-18(25)9-3-15/h2-13,22,28H,14H2,1H3/t22-/m0/s1. The number of carbonyl (C=O) groups excluding carboxylic acids is 1. The summed E-state index contributed by atoms with van der Waals surface area (Å²) in [5.41, 5.74) is 3.08. The summed E-state index contributed by atoms with van der Waals surface area (Å²) < 4.78 is 5.23. The molecule has 30 heavy (non-hydrogen) atoms. The number of rotatable bonds is 5. The molecular weight excluding hydrogens is 421 g/mol. The van der Waals surface area contributed by atoms with E-state index < -0.39 is 11.9 Å². The quantitative estimate of drug-likeness (QED) is 0.525. The van der Waals surface area contributed by atoms with Crippen molar-refractivity contribution in [2.45, 2.75) is 12.6 Å². The summed E-state index contributed by atoms with van der Waals surface area (Å²) >= 11 is 12.1. The Hall–Kier alpha value is -2.95. The van der Waals surface area contributed by atoms with Crippen molar-refractivity contribution in [2.24, 2.45) is 0 Å². The van der Waals surface area contributed by atoms with E-state index in [-0.39, 0.29) is 5.76 Å². The Labute approximate surface area is 184 Å². The van der Waals surface area contributed by atoms with E-state index in [1.807, 2.05) is 36.4 Å². The molecule has 152 valence electrons. The van der Waals surface area contributed by atoms with Gasteiger partial charge in [-0.05, 0) is 53.1 Å². The molecule has 1 aliphatic rings. The van der Waals surface area contributed by atoms with E-state index in [4.69, 9.17) is 27.9 Å². The first-order valence-corrected chi connectivity index (χ1v) is 10.1. The molecule has 0 radical (unpaired) electrons. The van der Waals surface area contributed by atoms with Gasteiger partial charge < -0.3 is 14.7 Å². The highest BCUT2D eigenvalue weighted by atomic mass is 35.5. The molecule has 1 atom stereocenters. The van der Waals surface area contributed by atoms with Gasteiger partial charge in [-0.15, -0.1) is 0 Å². The monoisotopic (exact) mass is 439 g/mol. The van der Waals surface area contributed by atoms with Crippen LogP contribution in [0.2, 0.25) is 10.0 Å². The molecule has 4 rings (SSSR count). The van der Waals surface area contributed by atoms with Crippen LogP contribution in [0.25, 0.3) is 5.57 Å². The zero-order valence-corrected chi connectivity index (χ0v) is 17.7. The van der Waals surface area contributed by atoms with Gasteiger partial charge in [-0.2, -0.15) is 0 Å². The van der Waals surface area contributed by atoms with Crippen LogP contribution in [0.3, 0.4) is 0 Å². The smallest absolute Gasteiger partial charge is 0.290 e. The van der Waals surface area contributed by atoms with E-state index in [0.717, 1.165) is 16.7 Å². The fourth-order valence-electron chi connectivity index (χ4n) is 3.66. The minimum atomic E-state index is -0.459. The van der Waals surface area contributed by atoms with Gasteiger partial charge in [0, 0.05) is 22.2 Å². The van der Waals surface area contributed by atoms with Crippen LogP contribution in [-0.2, 0) is 11.3 Å². The fourth-order valence-corrected chi connectivity index (χ4v) is 3.91. The molecule has 0 saturated heterocycles. The number of hydrogen-bond acceptors (Lipinski definition) is 3. The zero-order chi connectivity index (χ0) is 21.3. The minimum absolute atomic E-state index is 0.255.